The average Bonchev–Trinajstić information content (AvgIpc) is 2.70. The van der Waals surface area contributed by atoms with Gasteiger partial charge in [-0.2, -0.15) is 0 Å². The Morgan fingerprint density at radius 2 is 1.89 bits per heavy atom. The molecule has 18 heavy (non-hydrogen) atoms. The Balaban J connectivity index is 2.24. The minimum absolute atomic E-state index is 0.187. The summed E-state index contributed by atoms with van der Waals surface area (Å²) in [6.45, 7) is 8.84. The van der Waals surface area contributed by atoms with E-state index >= 15 is 0 Å². The summed E-state index contributed by atoms with van der Waals surface area (Å²) in [4.78, 5) is 2.16. The van der Waals surface area contributed by atoms with Gasteiger partial charge in [0.05, 0.1) is 13.2 Å². The Hall–Kier alpha value is -1.32. The zero-order chi connectivity index (χ0) is 13.1. The monoisotopic (exact) mass is 247 g/mol. The Kier molecular flexibility index (Phi) is 4.04. The molecule has 2 aromatic rings. The summed E-state index contributed by atoms with van der Waals surface area (Å²) < 4.78 is 5.86. The summed E-state index contributed by atoms with van der Waals surface area (Å²) in [6.07, 6.45) is 0. The molecule has 0 atom stereocenters. The molecule has 0 spiro atoms. The van der Waals surface area contributed by atoms with E-state index in [-0.39, 0.29) is 6.61 Å². The van der Waals surface area contributed by atoms with Crippen LogP contribution in [0.15, 0.2) is 22.6 Å². The van der Waals surface area contributed by atoms with Crippen LogP contribution in [0.2, 0.25) is 0 Å². The maximum Gasteiger partial charge on any atom is 0.134 e. The number of aliphatic hydroxyl groups is 1. The highest BCUT2D eigenvalue weighted by Crippen LogP contribution is 2.23. The van der Waals surface area contributed by atoms with Crippen molar-refractivity contribution in [2.45, 2.75) is 27.3 Å². The molecular weight excluding hydrogens is 226 g/mol. The number of likely N-dealkylation sites (N-methyl/N-ethyl adjacent to an activating group) is 1. The standard InChI is InChI=1S/C15H21NO2/c1-4-16(5-6-17)10-14-9-13-7-11(2)12(3)8-15(13)18-14/h7-9,17H,4-6,10H2,1-3H3. The van der Waals surface area contributed by atoms with Crippen molar-refractivity contribution >= 4 is 11.0 Å². The molecular formula is C15H21NO2. The van der Waals surface area contributed by atoms with Gasteiger partial charge in [0.1, 0.15) is 11.3 Å². The molecule has 0 unspecified atom stereocenters. The van der Waals surface area contributed by atoms with Crippen molar-refractivity contribution in [3.05, 3.63) is 35.1 Å². The number of fused-ring (bicyclic) bond motifs is 1. The first-order valence-corrected chi connectivity index (χ1v) is 6.47. The van der Waals surface area contributed by atoms with Crippen LogP contribution in [0.4, 0.5) is 0 Å². The lowest BCUT2D eigenvalue weighted by molar-refractivity contribution is 0.188. The van der Waals surface area contributed by atoms with E-state index in [4.69, 9.17) is 9.52 Å². The molecule has 0 fully saturated rings. The van der Waals surface area contributed by atoms with Crippen LogP contribution in [0, 0.1) is 13.8 Å². The number of hydrogen-bond donors (Lipinski definition) is 1. The highest BCUT2D eigenvalue weighted by atomic mass is 16.3. The van der Waals surface area contributed by atoms with Gasteiger partial charge in [0.15, 0.2) is 0 Å². The molecule has 2 rings (SSSR count). The third-order valence-electron chi connectivity index (χ3n) is 3.43. The first-order chi connectivity index (χ1) is 8.63. The number of aryl methyl sites for hydroxylation is 2. The molecule has 0 aliphatic heterocycles. The SMILES string of the molecule is CCN(CCO)Cc1cc2cc(C)c(C)cc2o1. The second kappa shape index (κ2) is 5.55. The summed E-state index contributed by atoms with van der Waals surface area (Å²) in [5, 5.41) is 10.1. The summed E-state index contributed by atoms with van der Waals surface area (Å²) in [7, 11) is 0. The fourth-order valence-electron chi connectivity index (χ4n) is 2.15. The van der Waals surface area contributed by atoms with Gasteiger partial charge in [0.2, 0.25) is 0 Å². The second-order valence-electron chi connectivity index (χ2n) is 4.78. The van der Waals surface area contributed by atoms with Gasteiger partial charge in [0.25, 0.3) is 0 Å². The summed E-state index contributed by atoms with van der Waals surface area (Å²) in [6, 6.07) is 6.36. The first-order valence-electron chi connectivity index (χ1n) is 6.47. The Bertz CT molecular complexity index is 492. The molecule has 0 radical (unpaired) electrons. The fourth-order valence-corrected chi connectivity index (χ4v) is 2.15. The van der Waals surface area contributed by atoms with Crippen molar-refractivity contribution in [1.29, 1.82) is 0 Å². The van der Waals surface area contributed by atoms with E-state index in [0.29, 0.717) is 6.54 Å². The molecule has 0 aliphatic carbocycles. The lowest BCUT2D eigenvalue weighted by Gasteiger charge is -2.16. The summed E-state index contributed by atoms with van der Waals surface area (Å²) in [5.74, 6) is 0.963. The van der Waals surface area contributed by atoms with Crippen LogP contribution < -0.4 is 0 Å². The van der Waals surface area contributed by atoms with Gasteiger partial charge in [-0.05, 0) is 49.7 Å². The van der Waals surface area contributed by atoms with Crippen LogP contribution in [0.5, 0.6) is 0 Å². The van der Waals surface area contributed by atoms with Crippen molar-refractivity contribution in [1.82, 2.24) is 4.90 Å². The normalized spacial score (nSPS) is 11.6. The highest BCUT2D eigenvalue weighted by molar-refractivity contribution is 5.79. The highest BCUT2D eigenvalue weighted by Gasteiger charge is 2.09. The van der Waals surface area contributed by atoms with Crippen LogP contribution in [0.1, 0.15) is 23.8 Å². The molecule has 0 amide bonds. The number of rotatable bonds is 5. The second-order valence-corrected chi connectivity index (χ2v) is 4.78. The molecule has 0 bridgehead atoms. The quantitative estimate of drug-likeness (QED) is 0.882. The van der Waals surface area contributed by atoms with Crippen LogP contribution in [-0.2, 0) is 6.54 Å². The molecule has 3 nitrogen and oxygen atoms in total. The lowest BCUT2D eigenvalue weighted by Crippen LogP contribution is -2.25. The van der Waals surface area contributed by atoms with Crippen molar-refractivity contribution in [3.63, 3.8) is 0 Å². The fraction of sp³-hybridized carbons (Fsp3) is 0.467. The van der Waals surface area contributed by atoms with Crippen LogP contribution in [0.25, 0.3) is 11.0 Å². The Morgan fingerprint density at radius 3 is 2.56 bits per heavy atom. The first kappa shape index (κ1) is 13.1. The minimum Gasteiger partial charge on any atom is -0.460 e. The molecule has 0 saturated heterocycles. The molecule has 1 heterocycles. The van der Waals surface area contributed by atoms with E-state index < -0.39 is 0 Å². The minimum atomic E-state index is 0.187. The average molecular weight is 247 g/mol. The van der Waals surface area contributed by atoms with Crippen LogP contribution in [-0.4, -0.2) is 29.7 Å². The van der Waals surface area contributed by atoms with Gasteiger partial charge < -0.3 is 9.52 Å². The number of aliphatic hydroxyl groups excluding tert-OH is 1. The predicted octanol–water partition coefficient (Wildman–Crippen LogP) is 2.86. The van der Waals surface area contributed by atoms with Crippen molar-refractivity contribution in [3.8, 4) is 0 Å². The molecule has 1 N–H and O–H groups in total. The molecule has 1 aromatic heterocycles. The third kappa shape index (κ3) is 2.74. The van der Waals surface area contributed by atoms with E-state index in [9.17, 15) is 0 Å². The molecule has 0 saturated carbocycles. The predicted molar refractivity (Wildman–Crippen MR) is 73.7 cm³/mol. The maximum absolute atomic E-state index is 8.99. The summed E-state index contributed by atoms with van der Waals surface area (Å²) >= 11 is 0. The largest absolute Gasteiger partial charge is 0.460 e. The smallest absolute Gasteiger partial charge is 0.134 e. The number of hydrogen-bond acceptors (Lipinski definition) is 3. The van der Waals surface area contributed by atoms with Crippen molar-refractivity contribution in [2.24, 2.45) is 0 Å². The van der Waals surface area contributed by atoms with E-state index in [0.717, 1.165) is 29.8 Å². The van der Waals surface area contributed by atoms with Crippen LogP contribution in [0.3, 0.4) is 0 Å². The molecule has 3 heteroatoms. The van der Waals surface area contributed by atoms with E-state index in [1.54, 1.807) is 0 Å². The Labute approximate surface area is 108 Å². The topological polar surface area (TPSA) is 36.6 Å². The van der Waals surface area contributed by atoms with Gasteiger partial charge in [-0.25, -0.2) is 0 Å². The van der Waals surface area contributed by atoms with Crippen molar-refractivity contribution < 1.29 is 9.52 Å². The molecule has 98 valence electrons. The molecule has 0 aliphatic rings. The number of nitrogens with zero attached hydrogens (tertiary/aromatic N) is 1. The van der Waals surface area contributed by atoms with E-state index in [1.165, 1.54) is 11.1 Å². The van der Waals surface area contributed by atoms with E-state index in [1.807, 2.05) is 0 Å². The zero-order valence-electron chi connectivity index (χ0n) is 11.4. The van der Waals surface area contributed by atoms with Gasteiger partial charge in [-0.15, -0.1) is 0 Å². The van der Waals surface area contributed by atoms with Crippen LogP contribution >= 0.6 is 0 Å². The lowest BCUT2D eigenvalue weighted by atomic mass is 10.1. The molecule has 1 aromatic carbocycles. The third-order valence-corrected chi connectivity index (χ3v) is 3.43. The van der Waals surface area contributed by atoms with Gasteiger partial charge in [-0.3, -0.25) is 4.90 Å². The van der Waals surface area contributed by atoms with Gasteiger partial charge >= 0.3 is 0 Å². The summed E-state index contributed by atoms with van der Waals surface area (Å²) in [5.41, 5.74) is 3.50. The van der Waals surface area contributed by atoms with Gasteiger partial charge in [-0.1, -0.05) is 6.92 Å². The number of furan rings is 1. The number of benzene rings is 1. The maximum atomic E-state index is 8.99. The Morgan fingerprint density at radius 1 is 1.17 bits per heavy atom. The zero-order valence-corrected chi connectivity index (χ0v) is 11.4. The van der Waals surface area contributed by atoms with Crippen molar-refractivity contribution in [2.75, 3.05) is 19.7 Å². The van der Waals surface area contributed by atoms with Gasteiger partial charge in [0, 0.05) is 11.9 Å². The van der Waals surface area contributed by atoms with E-state index in [2.05, 4.69) is 43.9 Å².